The predicted molar refractivity (Wildman–Crippen MR) is 89.9 cm³/mol. The van der Waals surface area contributed by atoms with Gasteiger partial charge in [0.1, 0.15) is 16.4 Å². The van der Waals surface area contributed by atoms with Gasteiger partial charge in [-0.15, -0.1) is 0 Å². The van der Waals surface area contributed by atoms with Crippen LogP contribution in [0.2, 0.25) is 0 Å². The van der Waals surface area contributed by atoms with Gasteiger partial charge in [0.05, 0.1) is 5.69 Å². The number of nitrogens with zero attached hydrogens (tertiary/aromatic N) is 3. The lowest BCUT2D eigenvalue weighted by Crippen LogP contribution is -2.08. The standard InChI is InChI=1S/C16H15FN4O3S/c1-8-4-5-10(6-11(8)17)14-19-12(24-20-14)7-23-16(22)13-9(2)21-25-15(13)18-3/h4-6,18H,7H2,1-3H3. The SMILES string of the molecule is CNc1snc(C)c1C(=O)OCc1nc(-c2ccc(C)c(F)c2)no1. The molecule has 0 saturated carbocycles. The van der Waals surface area contributed by atoms with Crippen molar-refractivity contribution in [2.45, 2.75) is 20.5 Å². The lowest BCUT2D eigenvalue weighted by Gasteiger charge is -2.03. The number of esters is 1. The molecule has 0 amide bonds. The summed E-state index contributed by atoms with van der Waals surface area (Å²) in [7, 11) is 1.70. The van der Waals surface area contributed by atoms with E-state index < -0.39 is 5.97 Å². The van der Waals surface area contributed by atoms with Crippen LogP contribution < -0.4 is 5.32 Å². The van der Waals surface area contributed by atoms with Gasteiger partial charge in [0.15, 0.2) is 6.61 Å². The lowest BCUT2D eigenvalue weighted by molar-refractivity contribution is 0.0430. The number of aryl methyl sites for hydroxylation is 2. The first-order valence-corrected chi connectivity index (χ1v) is 8.17. The van der Waals surface area contributed by atoms with Crippen LogP contribution in [0.5, 0.6) is 0 Å². The topological polar surface area (TPSA) is 90.1 Å². The molecule has 0 unspecified atom stereocenters. The van der Waals surface area contributed by atoms with E-state index in [0.29, 0.717) is 27.4 Å². The number of nitrogens with one attached hydrogen (secondary N) is 1. The molecule has 0 aliphatic rings. The van der Waals surface area contributed by atoms with Crippen LogP contribution in [-0.2, 0) is 11.3 Å². The van der Waals surface area contributed by atoms with Crippen molar-refractivity contribution in [2.24, 2.45) is 0 Å². The maximum atomic E-state index is 13.6. The zero-order valence-corrected chi connectivity index (χ0v) is 14.6. The maximum Gasteiger partial charge on any atom is 0.343 e. The molecule has 0 bridgehead atoms. The molecule has 25 heavy (non-hydrogen) atoms. The minimum absolute atomic E-state index is 0.121. The van der Waals surface area contributed by atoms with Gasteiger partial charge >= 0.3 is 5.97 Å². The quantitative estimate of drug-likeness (QED) is 0.696. The van der Waals surface area contributed by atoms with Crippen molar-refractivity contribution in [1.29, 1.82) is 0 Å². The van der Waals surface area contributed by atoms with Gasteiger partial charge in [-0.2, -0.15) is 9.36 Å². The number of hydrogen-bond acceptors (Lipinski definition) is 8. The van der Waals surface area contributed by atoms with Crippen molar-refractivity contribution in [3.8, 4) is 11.4 Å². The van der Waals surface area contributed by atoms with Crippen LogP contribution in [0.1, 0.15) is 27.5 Å². The average molecular weight is 362 g/mol. The highest BCUT2D eigenvalue weighted by atomic mass is 32.1. The average Bonchev–Trinajstić information content (AvgIpc) is 3.21. The summed E-state index contributed by atoms with van der Waals surface area (Å²) in [4.78, 5) is 16.3. The number of rotatable bonds is 5. The van der Waals surface area contributed by atoms with E-state index in [2.05, 4.69) is 19.8 Å². The second-order valence-electron chi connectivity index (χ2n) is 5.27. The molecule has 2 heterocycles. The van der Waals surface area contributed by atoms with Gasteiger partial charge < -0.3 is 14.6 Å². The molecular formula is C16H15FN4O3S. The normalized spacial score (nSPS) is 10.7. The van der Waals surface area contributed by atoms with E-state index in [1.54, 1.807) is 33.0 Å². The number of anilines is 1. The second-order valence-corrected chi connectivity index (χ2v) is 6.05. The highest BCUT2D eigenvalue weighted by molar-refractivity contribution is 7.10. The molecule has 3 aromatic rings. The van der Waals surface area contributed by atoms with Crippen LogP contribution in [-0.4, -0.2) is 27.5 Å². The number of benzene rings is 1. The summed E-state index contributed by atoms with van der Waals surface area (Å²) in [5, 5.41) is 7.31. The van der Waals surface area contributed by atoms with E-state index in [1.165, 1.54) is 17.6 Å². The summed E-state index contributed by atoms with van der Waals surface area (Å²) in [5.41, 5.74) is 1.98. The van der Waals surface area contributed by atoms with Crippen LogP contribution in [0.4, 0.5) is 9.39 Å². The van der Waals surface area contributed by atoms with Crippen molar-refractivity contribution in [2.75, 3.05) is 12.4 Å². The van der Waals surface area contributed by atoms with Crippen LogP contribution in [0.3, 0.4) is 0 Å². The van der Waals surface area contributed by atoms with Crippen molar-refractivity contribution >= 4 is 22.5 Å². The highest BCUT2D eigenvalue weighted by Gasteiger charge is 2.20. The Bertz CT molecular complexity index is 922. The Morgan fingerprint density at radius 3 is 2.92 bits per heavy atom. The van der Waals surface area contributed by atoms with E-state index in [-0.39, 0.29) is 24.1 Å². The Hall–Kier alpha value is -2.81. The summed E-state index contributed by atoms with van der Waals surface area (Å²) >= 11 is 1.18. The third kappa shape index (κ3) is 3.50. The zero-order valence-electron chi connectivity index (χ0n) is 13.8. The molecule has 130 valence electrons. The minimum atomic E-state index is -0.531. The van der Waals surface area contributed by atoms with Crippen LogP contribution >= 0.6 is 11.5 Å². The first-order chi connectivity index (χ1) is 12.0. The predicted octanol–water partition coefficient (Wildman–Crippen LogP) is 3.35. The van der Waals surface area contributed by atoms with E-state index in [4.69, 9.17) is 9.26 Å². The third-order valence-corrected chi connectivity index (χ3v) is 4.47. The molecule has 0 radical (unpaired) electrons. The van der Waals surface area contributed by atoms with Gasteiger partial charge in [0.2, 0.25) is 5.82 Å². The monoisotopic (exact) mass is 362 g/mol. The molecule has 0 saturated heterocycles. The fourth-order valence-electron chi connectivity index (χ4n) is 2.14. The molecule has 0 atom stereocenters. The molecular weight excluding hydrogens is 347 g/mol. The van der Waals surface area contributed by atoms with Crippen LogP contribution in [0.15, 0.2) is 22.7 Å². The van der Waals surface area contributed by atoms with Gasteiger partial charge in [-0.05, 0) is 37.0 Å². The summed E-state index contributed by atoms with van der Waals surface area (Å²) in [5.74, 6) is -0.530. The molecule has 2 aromatic heterocycles. The number of carbonyl (C=O) groups is 1. The molecule has 0 fully saturated rings. The molecule has 1 N–H and O–H groups in total. The highest BCUT2D eigenvalue weighted by Crippen LogP contribution is 2.25. The van der Waals surface area contributed by atoms with E-state index in [1.807, 2.05) is 0 Å². The Morgan fingerprint density at radius 2 is 2.20 bits per heavy atom. The molecule has 0 spiro atoms. The fourth-order valence-corrected chi connectivity index (χ4v) is 2.88. The summed E-state index contributed by atoms with van der Waals surface area (Å²) in [6.07, 6.45) is 0. The van der Waals surface area contributed by atoms with E-state index >= 15 is 0 Å². The maximum absolute atomic E-state index is 13.6. The Labute approximate surface area is 147 Å². The third-order valence-electron chi connectivity index (χ3n) is 3.52. The summed E-state index contributed by atoms with van der Waals surface area (Å²) in [6, 6.07) is 4.65. The Kier molecular flexibility index (Phi) is 4.75. The zero-order chi connectivity index (χ0) is 18.0. The largest absolute Gasteiger partial charge is 0.452 e. The van der Waals surface area contributed by atoms with Crippen molar-refractivity contribution in [1.82, 2.24) is 14.5 Å². The van der Waals surface area contributed by atoms with Gasteiger partial charge in [0.25, 0.3) is 5.89 Å². The van der Waals surface area contributed by atoms with Crippen molar-refractivity contribution in [3.05, 3.63) is 46.7 Å². The van der Waals surface area contributed by atoms with Gasteiger partial charge in [-0.3, -0.25) is 0 Å². The Balaban J connectivity index is 1.70. The van der Waals surface area contributed by atoms with Gasteiger partial charge in [-0.1, -0.05) is 17.3 Å². The number of halogens is 1. The van der Waals surface area contributed by atoms with Crippen molar-refractivity contribution in [3.63, 3.8) is 0 Å². The van der Waals surface area contributed by atoms with Crippen LogP contribution in [0, 0.1) is 19.7 Å². The first-order valence-electron chi connectivity index (χ1n) is 7.40. The van der Waals surface area contributed by atoms with Gasteiger partial charge in [0, 0.05) is 12.6 Å². The smallest absolute Gasteiger partial charge is 0.343 e. The second kappa shape index (κ2) is 6.98. The fraction of sp³-hybridized carbons (Fsp3) is 0.250. The summed E-state index contributed by atoms with van der Waals surface area (Å²) in [6.45, 7) is 3.21. The molecule has 3 rings (SSSR count). The number of carbonyl (C=O) groups excluding carboxylic acids is 1. The lowest BCUT2D eigenvalue weighted by atomic mass is 10.1. The molecule has 1 aromatic carbocycles. The summed E-state index contributed by atoms with van der Waals surface area (Å²) < 4.78 is 28.0. The number of hydrogen-bond donors (Lipinski definition) is 1. The number of aromatic nitrogens is 3. The molecule has 9 heteroatoms. The van der Waals surface area contributed by atoms with Crippen LogP contribution in [0.25, 0.3) is 11.4 Å². The first kappa shape index (κ1) is 17.0. The molecule has 0 aliphatic heterocycles. The molecule has 7 nitrogen and oxygen atoms in total. The Morgan fingerprint density at radius 1 is 1.40 bits per heavy atom. The van der Waals surface area contributed by atoms with Crippen molar-refractivity contribution < 1.29 is 18.4 Å². The minimum Gasteiger partial charge on any atom is -0.452 e. The van der Waals surface area contributed by atoms with E-state index in [0.717, 1.165) is 0 Å². The van der Waals surface area contributed by atoms with E-state index in [9.17, 15) is 9.18 Å². The molecule has 0 aliphatic carbocycles. The van der Waals surface area contributed by atoms with Gasteiger partial charge in [-0.25, -0.2) is 9.18 Å². The number of ether oxygens (including phenoxy) is 1.